The quantitative estimate of drug-likeness (QED) is 0.666. The highest BCUT2D eigenvalue weighted by Gasteiger charge is 2.33. The van der Waals surface area contributed by atoms with Gasteiger partial charge in [0.25, 0.3) is 11.6 Å². The summed E-state index contributed by atoms with van der Waals surface area (Å²) in [6.07, 6.45) is 3.06. The van der Waals surface area contributed by atoms with Gasteiger partial charge in [0.05, 0.1) is 4.92 Å². The average Bonchev–Trinajstić information content (AvgIpc) is 3.24. The lowest BCUT2D eigenvalue weighted by Gasteiger charge is -2.24. The molecule has 2 aliphatic rings. The normalized spacial score (nSPS) is 20.4. The molecule has 0 radical (unpaired) electrons. The molecule has 8 heteroatoms. The molecule has 8 nitrogen and oxygen atoms in total. The number of rotatable bonds is 4. The molecule has 0 aliphatic carbocycles. The van der Waals surface area contributed by atoms with Crippen molar-refractivity contribution in [3.8, 4) is 0 Å². The number of nitro benzene ring substituents is 1. The van der Waals surface area contributed by atoms with Gasteiger partial charge >= 0.3 is 5.97 Å². The molecule has 128 valence electrons. The monoisotopic (exact) mass is 333 g/mol. The lowest BCUT2D eigenvalue weighted by atomic mass is 10.1. The fourth-order valence-corrected chi connectivity index (χ4v) is 3.46. The topological polar surface area (TPSA) is 104 Å². The van der Waals surface area contributed by atoms with Crippen LogP contribution < -0.4 is 4.90 Å². The highest BCUT2D eigenvalue weighted by molar-refractivity contribution is 5.99. The van der Waals surface area contributed by atoms with E-state index in [9.17, 15) is 24.8 Å². The Hall–Kier alpha value is -2.64. The van der Waals surface area contributed by atoms with Crippen LogP contribution >= 0.6 is 0 Å². The molecule has 1 amide bonds. The van der Waals surface area contributed by atoms with E-state index in [4.69, 9.17) is 0 Å². The zero-order chi connectivity index (χ0) is 17.3. The molecule has 0 spiro atoms. The Kier molecular flexibility index (Phi) is 4.37. The zero-order valence-electron chi connectivity index (χ0n) is 13.2. The van der Waals surface area contributed by atoms with Crippen molar-refractivity contribution < 1.29 is 19.6 Å². The number of nitro groups is 1. The number of carbonyl (C=O) groups excluding carboxylic acids is 1. The number of hydrogen-bond acceptors (Lipinski definition) is 5. The standard InChI is InChI=1S/C16H19N3O5/c20-15(17-7-1-2-8-17)12-10-11(5-6-13(12)19(23)24)18-9-3-4-14(18)16(21)22/h5-6,10,14H,1-4,7-9H2,(H,21,22)/t14-/m1/s1. The van der Waals surface area contributed by atoms with Gasteiger partial charge < -0.3 is 14.9 Å². The van der Waals surface area contributed by atoms with E-state index in [0.29, 0.717) is 31.7 Å². The summed E-state index contributed by atoms with van der Waals surface area (Å²) in [4.78, 5) is 38.0. The third kappa shape index (κ3) is 2.91. The summed E-state index contributed by atoms with van der Waals surface area (Å²) in [6.45, 7) is 1.76. The molecule has 2 fully saturated rings. The number of likely N-dealkylation sites (tertiary alicyclic amines) is 1. The first-order valence-electron chi connectivity index (χ1n) is 8.06. The number of hydrogen-bond donors (Lipinski definition) is 1. The fraction of sp³-hybridized carbons (Fsp3) is 0.500. The van der Waals surface area contributed by atoms with E-state index in [2.05, 4.69) is 0 Å². The second kappa shape index (κ2) is 6.46. The molecule has 2 aliphatic heterocycles. The second-order valence-electron chi connectivity index (χ2n) is 6.15. The van der Waals surface area contributed by atoms with Gasteiger partial charge in [0.15, 0.2) is 0 Å². The van der Waals surface area contributed by atoms with Crippen molar-refractivity contribution in [2.45, 2.75) is 31.7 Å². The molecule has 0 saturated carbocycles. The van der Waals surface area contributed by atoms with Crippen LogP contribution in [0.4, 0.5) is 11.4 Å². The van der Waals surface area contributed by atoms with Crippen LogP contribution in [0, 0.1) is 10.1 Å². The van der Waals surface area contributed by atoms with Gasteiger partial charge in [-0.2, -0.15) is 0 Å². The smallest absolute Gasteiger partial charge is 0.326 e. The van der Waals surface area contributed by atoms with E-state index >= 15 is 0 Å². The van der Waals surface area contributed by atoms with E-state index in [1.807, 2.05) is 0 Å². The van der Waals surface area contributed by atoms with Crippen molar-refractivity contribution in [1.82, 2.24) is 4.90 Å². The van der Waals surface area contributed by atoms with Crippen LogP contribution in [-0.4, -0.2) is 52.5 Å². The van der Waals surface area contributed by atoms with Gasteiger partial charge in [-0.1, -0.05) is 0 Å². The Bertz CT molecular complexity index is 684. The Morgan fingerprint density at radius 1 is 1.17 bits per heavy atom. The number of aliphatic carboxylic acids is 1. The van der Waals surface area contributed by atoms with Gasteiger partial charge in [0.2, 0.25) is 0 Å². The predicted molar refractivity (Wildman–Crippen MR) is 86.2 cm³/mol. The maximum Gasteiger partial charge on any atom is 0.326 e. The van der Waals surface area contributed by atoms with E-state index in [0.717, 1.165) is 19.3 Å². The average molecular weight is 333 g/mol. The van der Waals surface area contributed by atoms with E-state index in [1.165, 1.54) is 18.2 Å². The lowest BCUT2D eigenvalue weighted by Crippen LogP contribution is -2.36. The molecule has 2 heterocycles. The minimum absolute atomic E-state index is 0.0374. The molecule has 1 aromatic rings. The molecular weight excluding hydrogens is 314 g/mol. The molecule has 3 rings (SSSR count). The van der Waals surface area contributed by atoms with Crippen molar-refractivity contribution in [2.75, 3.05) is 24.5 Å². The van der Waals surface area contributed by atoms with Crippen LogP contribution in [0.1, 0.15) is 36.0 Å². The predicted octanol–water partition coefficient (Wildman–Crippen LogP) is 1.88. The van der Waals surface area contributed by atoms with Crippen molar-refractivity contribution in [2.24, 2.45) is 0 Å². The van der Waals surface area contributed by atoms with Gasteiger partial charge in [0.1, 0.15) is 11.6 Å². The number of nitrogens with zero attached hydrogens (tertiary/aromatic N) is 3. The SMILES string of the molecule is O=C(O)[C@H]1CCCN1c1ccc([N+](=O)[O-])c(C(=O)N2CCCC2)c1. The number of carboxylic acids is 1. The van der Waals surface area contributed by atoms with E-state index < -0.39 is 16.9 Å². The molecule has 0 aromatic heterocycles. The molecule has 2 saturated heterocycles. The van der Waals surface area contributed by atoms with Crippen LogP contribution in [0.25, 0.3) is 0 Å². The van der Waals surface area contributed by atoms with Crippen molar-refractivity contribution in [3.63, 3.8) is 0 Å². The molecule has 1 aromatic carbocycles. The van der Waals surface area contributed by atoms with Gasteiger partial charge in [-0.25, -0.2) is 4.79 Å². The maximum absolute atomic E-state index is 12.6. The zero-order valence-corrected chi connectivity index (χ0v) is 13.2. The number of carboxylic acid groups (broad SMARTS) is 1. The Balaban J connectivity index is 1.98. The van der Waals surface area contributed by atoms with Crippen molar-refractivity contribution in [1.29, 1.82) is 0 Å². The number of amides is 1. The summed E-state index contributed by atoms with van der Waals surface area (Å²) in [5.74, 6) is -1.27. The van der Waals surface area contributed by atoms with Crippen molar-refractivity contribution in [3.05, 3.63) is 33.9 Å². The number of benzene rings is 1. The number of anilines is 1. The fourth-order valence-electron chi connectivity index (χ4n) is 3.46. The minimum Gasteiger partial charge on any atom is -0.480 e. The minimum atomic E-state index is -0.918. The largest absolute Gasteiger partial charge is 0.480 e. The summed E-state index contributed by atoms with van der Waals surface area (Å²) in [7, 11) is 0. The Morgan fingerprint density at radius 3 is 2.50 bits per heavy atom. The first-order chi connectivity index (χ1) is 11.5. The summed E-state index contributed by atoms with van der Waals surface area (Å²) < 4.78 is 0. The number of carbonyl (C=O) groups is 2. The second-order valence-corrected chi connectivity index (χ2v) is 6.15. The van der Waals surface area contributed by atoms with Crippen LogP contribution in [0.3, 0.4) is 0 Å². The van der Waals surface area contributed by atoms with E-state index in [1.54, 1.807) is 9.80 Å². The van der Waals surface area contributed by atoms with E-state index in [-0.39, 0.29) is 17.2 Å². The molecule has 0 bridgehead atoms. The van der Waals surface area contributed by atoms with Crippen LogP contribution in [0.15, 0.2) is 18.2 Å². The summed E-state index contributed by atoms with van der Waals surface area (Å²) >= 11 is 0. The Morgan fingerprint density at radius 2 is 1.88 bits per heavy atom. The molecule has 1 atom stereocenters. The molecule has 0 unspecified atom stereocenters. The molecule has 24 heavy (non-hydrogen) atoms. The van der Waals surface area contributed by atoms with Crippen LogP contribution in [-0.2, 0) is 4.79 Å². The molecular formula is C16H19N3O5. The summed E-state index contributed by atoms with van der Waals surface area (Å²) in [6, 6.07) is 3.65. The highest BCUT2D eigenvalue weighted by atomic mass is 16.6. The lowest BCUT2D eigenvalue weighted by molar-refractivity contribution is -0.385. The Labute approximate surface area is 138 Å². The summed E-state index contributed by atoms with van der Waals surface area (Å²) in [5, 5.41) is 20.6. The third-order valence-electron chi connectivity index (χ3n) is 4.67. The maximum atomic E-state index is 12.6. The van der Waals surface area contributed by atoms with Crippen LogP contribution in [0.2, 0.25) is 0 Å². The first kappa shape index (κ1) is 16.2. The van der Waals surface area contributed by atoms with Gasteiger partial charge in [-0.05, 0) is 37.8 Å². The van der Waals surface area contributed by atoms with Crippen LogP contribution in [0.5, 0.6) is 0 Å². The van der Waals surface area contributed by atoms with Gasteiger partial charge in [-0.15, -0.1) is 0 Å². The van der Waals surface area contributed by atoms with Gasteiger partial charge in [0, 0.05) is 31.4 Å². The third-order valence-corrected chi connectivity index (χ3v) is 4.67. The first-order valence-corrected chi connectivity index (χ1v) is 8.06. The van der Waals surface area contributed by atoms with Gasteiger partial charge in [-0.3, -0.25) is 14.9 Å². The molecule has 1 N–H and O–H groups in total. The highest BCUT2D eigenvalue weighted by Crippen LogP contribution is 2.31. The van der Waals surface area contributed by atoms with Crippen molar-refractivity contribution >= 4 is 23.3 Å². The summed E-state index contributed by atoms with van der Waals surface area (Å²) in [5.41, 5.74) is 0.352.